The van der Waals surface area contributed by atoms with Crippen LogP contribution in [0.15, 0.2) is 42.5 Å². The molecular weight excluding hydrogens is 241 g/mol. The first kappa shape index (κ1) is 11.7. The first-order valence-electron chi connectivity index (χ1n) is 6.20. The summed E-state index contributed by atoms with van der Waals surface area (Å²) in [6, 6.07) is 14.3. The molecule has 1 heterocycles. The van der Waals surface area contributed by atoms with Gasteiger partial charge in [-0.3, -0.25) is 0 Å². The molecule has 0 saturated heterocycles. The lowest BCUT2D eigenvalue weighted by Crippen LogP contribution is -2.34. The van der Waals surface area contributed by atoms with E-state index in [0.717, 1.165) is 11.1 Å². The van der Waals surface area contributed by atoms with E-state index in [9.17, 15) is 9.65 Å². The Bertz CT molecular complexity index is 689. The van der Waals surface area contributed by atoms with Crippen LogP contribution in [0, 0.1) is 17.1 Å². The molecular formula is C16H12FNO. The van der Waals surface area contributed by atoms with Crippen molar-refractivity contribution in [3.63, 3.8) is 0 Å². The number of fused-ring (bicyclic) bond motifs is 3. The number of hydrogen-bond donors (Lipinski definition) is 0. The second kappa shape index (κ2) is 4.10. The van der Waals surface area contributed by atoms with Gasteiger partial charge in [-0.15, -0.1) is 0 Å². The van der Waals surface area contributed by atoms with E-state index in [0.29, 0.717) is 17.7 Å². The molecule has 0 saturated carbocycles. The molecule has 2 nitrogen and oxygen atoms in total. The Morgan fingerprint density at radius 1 is 1.21 bits per heavy atom. The van der Waals surface area contributed by atoms with Crippen LogP contribution in [-0.2, 0) is 5.60 Å². The third kappa shape index (κ3) is 1.61. The maximum atomic E-state index is 13.5. The van der Waals surface area contributed by atoms with Crippen molar-refractivity contribution in [2.45, 2.75) is 18.9 Å². The molecule has 0 aliphatic carbocycles. The Balaban J connectivity index is 2.35. The average molecular weight is 253 g/mol. The van der Waals surface area contributed by atoms with Gasteiger partial charge in [0.15, 0.2) is 0 Å². The molecule has 0 amide bonds. The van der Waals surface area contributed by atoms with Crippen molar-refractivity contribution in [3.05, 3.63) is 53.8 Å². The minimum absolute atomic E-state index is 0.352. The van der Waals surface area contributed by atoms with Crippen molar-refractivity contribution >= 4 is 0 Å². The van der Waals surface area contributed by atoms with E-state index >= 15 is 0 Å². The number of nitriles is 1. The molecule has 0 aromatic heterocycles. The van der Waals surface area contributed by atoms with Gasteiger partial charge in [0.05, 0.1) is 0 Å². The predicted molar refractivity (Wildman–Crippen MR) is 70.0 cm³/mol. The molecule has 19 heavy (non-hydrogen) atoms. The predicted octanol–water partition coefficient (Wildman–Crippen LogP) is 4.01. The van der Waals surface area contributed by atoms with E-state index < -0.39 is 5.60 Å². The summed E-state index contributed by atoms with van der Waals surface area (Å²) in [4.78, 5) is 0. The largest absolute Gasteiger partial charge is 0.467 e. The Hall–Kier alpha value is -2.34. The van der Waals surface area contributed by atoms with Gasteiger partial charge in [0.25, 0.3) is 0 Å². The number of rotatable bonds is 1. The molecule has 1 unspecified atom stereocenters. The van der Waals surface area contributed by atoms with Gasteiger partial charge in [-0.05, 0) is 23.8 Å². The van der Waals surface area contributed by atoms with Crippen LogP contribution < -0.4 is 4.74 Å². The van der Waals surface area contributed by atoms with Crippen LogP contribution in [0.3, 0.4) is 0 Å². The van der Waals surface area contributed by atoms with E-state index in [-0.39, 0.29) is 5.82 Å². The number of hydrogen-bond acceptors (Lipinski definition) is 2. The molecule has 1 aliphatic heterocycles. The third-order valence-electron chi connectivity index (χ3n) is 3.56. The fourth-order valence-corrected chi connectivity index (χ4v) is 2.53. The Kier molecular flexibility index (Phi) is 2.53. The van der Waals surface area contributed by atoms with Gasteiger partial charge in [-0.2, -0.15) is 5.26 Å². The summed E-state index contributed by atoms with van der Waals surface area (Å²) in [5.41, 5.74) is 1.27. The number of ether oxygens (including phenoxy) is 1. The molecule has 2 aromatic carbocycles. The highest BCUT2D eigenvalue weighted by atomic mass is 19.1. The summed E-state index contributed by atoms with van der Waals surface area (Å²) >= 11 is 0. The Morgan fingerprint density at radius 2 is 2.00 bits per heavy atom. The van der Waals surface area contributed by atoms with Crippen molar-refractivity contribution in [1.82, 2.24) is 0 Å². The van der Waals surface area contributed by atoms with Crippen molar-refractivity contribution in [3.8, 4) is 22.9 Å². The zero-order valence-corrected chi connectivity index (χ0v) is 10.5. The fourth-order valence-electron chi connectivity index (χ4n) is 2.53. The van der Waals surface area contributed by atoms with E-state index in [4.69, 9.17) is 4.74 Å². The monoisotopic (exact) mass is 253 g/mol. The minimum atomic E-state index is -1.11. The Labute approximate surface area is 111 Å². The van der Waals surface area contributed by atoms with Gasteiger partial charge in [-0.25, -0.2) is 4.39 Å². The number of halogens is 1. The van der Waals surface area contributed by atoms with Crippen LogP contribution in [0.5, 0.6) is 5.75 Å². The second-order valence-corrected chi connectivity index (χ2v) is 4.58. The van der Waals surface area contributed by atoms with Crippen LogP contribution in [0.4, 0.5) is 4.39 Å². The number of para-hydroxylation sites is 1. The van der Waals surface area contributed by atoms with Gasteiger partial charge >= 0.3 is 0 Å². The van der Waals surface area contributed by atoms with E-state index in [1.54, 1.807) is 6.07 Å². The molecule has 2 aromatic rings. The minimum Gasteiger partial charge on any atom is -0.467 e. The summed E-state index contributed by atoms with van der Waals surface area (Å²) in [6.45, 7) is 1.87. The van der Waals surface area contributed by atoms with Crippen molar-refractivity contribution < 1.29 is 9.13 Å². The maximum absolute atomic E-state index is 13.5. The van der Waals surface area contributed by atoms with Crippen molar-refractivity contribution in [2.75, 3.05) is 0 Å². The highest BCUT2D eigenvalue weighted by Crippen LogP contribution is 2.46. The molecule has 3 rings (SSSR count). The van der Waals surface area contributed by atoms with Crippen LogP contribution in [-0.4, -0.2) is 0 Å². The summed E-state index contributed by atoms with van der Waals surface area (Å²) < 4.78 is 19.4. The summed E-state index contributed by atoms with van der Waals surface area (Å²) in [5.74, 6) is 0.319. The summed E-state index contributed by atoms with van der Waals surface area (Å²) in [7, 11) is 0. The standard InChI is InChI=1S/C16H12FNO/c1-2-16(10-18)14-9-11(17)7-8-12(14)13-5-3-4-6-15(13)19-16/h3-9H,2H2,1H3. The van der Waals surface area contributed by atoms with E-state index in [1.807, 2.05) is 31.2 Å². The van der Waals surface area contributed by atoms with Gasteiger partial charge in [0.1, 0.15) is 17.6 Å². The topological polar surface area (TPSA) is 33.0 Å². The molecule has 1 atom stereocenters. The fraction of sp³-hybridized carbons (Fsp3) is 0.188. The van der Waals surface area contributed by atoms with Crippen molar-refractivity contribution in [2.24, 2.45) is 0 Å². The highest BCUT2D eigenvalue weighted by Gasteiger charge is 2.40. The zero-order chi connectivity index (χ0) is 13.5. The lowest BCUT2D eigenvalue weighted by molar-refractivity contribution is 0.119. The molecule has 1 aliphatic rings. The smallest absolute Gasteiger partial charge is 0.220 e. The van der Waals surface area contributed by atoms with E-state index in [2.05, 4.69) is 6.07 Å². The highest BCUT2D eigenvalue weighted by molar-refractivity contribution is 5.77. The lowest BCUT2D eigenvalue weighted by atomic mass is 9.83. The lowest BCUT2D eigenvalue weighted by Gasteiger charge is -2.34. The Morgan fingerprint density at radius 3 is 2.74 bits per heavy atom. The first-order chi connectivity index (χ1) is 9.20. The summed E-state index contributed by atoms with van der Waals surface area (Å²) in [5, 5.41) is 9.51. The second-order valence-electron chi connectivity index (χ2n) is 4.58. The SMILES string of the molecule is CCC1(C#N)Oc2ccccc2-c2ccc(F)cc21. The van der Waals surface area contributed by atoms with Crippen LogP contribution >= 0.6 is 0 Å². The molecule has 0 spiro atoms. The normalized spacial score (nSPS) is 19.8. The molecule has 0 fully saturated rings. The average Bonchev–Trinajstić information content (AvgIpc) is 2.46. The van der Waals surface area contributed by atoms with Gasteiger partial charge < -0.3 is 4.74 Å². The number of nitrogens with zero attached hydrogens (tertiary/aromatic N) is 1. The molecule has 94 valence electrons. The quantitative estimate of drug-likeness (QED) is 0.769. The maximum Gasteiger partial charge on any atom is 0.220 e. The van der Waals surface area contributed by atoms with E-state index in [1.165, 1.54) is 12.1 Å². The van der Waals surface area contributed by atoms with Crippen LogP contribution in [0.25, 0.3) is 11.1 Å². The van der Waals surface area contributed by atoms with Gasteiger partial charge in [0.2, 0.25) is 5.60 Å². The summed E-state index contributed by atoms with van der Waals surface area (Å²) in [6.07, 6.45) is 0.467. The molecule has 3 heteroatoms. The molecule has 0 N–H and O–H groups in total. The van der Waals surface area contributed by atoms with Crippen molar-refractivity contribution in [1.29, 1.82) is 5.26 Å². The van der Waals surface area contributed by atoms with Crippen LogP contribution in [0.2, 0.25) is 0 Å². The molecule has 0 radical (unpaired) electrons. The first-order valence-corrected chi connectivity index (χ1v) is 6.20. The third-order valence-corrected chi connectivity index (χ3v) is 3.56. The molecule has 0 bridgehead atoms. The van der Waals surface area contributed by atoms with Crippen LogP contribution in [0.1, 0.15) is 18.9 Å². The van der Waals surface area contributed by atoms with Gasteiger partial charge in [-0.1, -0.05) is 31.2 Å². The number of benzene rings is 2. The van der Waals surface area contributed by atoms with Gasteiger partial charge in [0, 0.05) is 17.5 Å². The zero-order valence-electron chi connectivity index (χ0n) is 10.5.